The Morgan fingerprint density at radius 3 is 2.42 bits per heavy atom. The van der Waals surface area contributed by atoms with E-state index < -0.39 is 17.5 Å². The van der Waals surface area contributed by atoms with E-state index in [0.717, 1.165) is 10.5 Å². The van der Waals surface area contributed by atoms with E-state index in [1.54, 1.807) is 43.3 Å². The number of carbonyl (C=O) groups excluding carboxylic acids is 3. The van der Waals surface area contributed by atoms with Crippen molar-refractivity contribution in [1.29, 1.82) is 0 Å². The summed E-state index contributed by atoms with van der Waals surface area (Å²) in [6.45, 7) is 3.25. The van der Waals surface area contributed by atoms with Gasteiger partial charge < -0.3 is 10.1 Å². The van der Waals surface area contributed by atoms with Crippen LogP contribution in [0.25, 0.3) is 0 Å². The molecule has 1 atom stereocenters. The second-order valence-electron chi connectivity index (χ2n) is 6.44. The quantitative estimate of drug-likeness (QED) is 0.663. The Labute approximate surface area is 151 Å². The molecule has 1 unspecified atom stereocenters. The summed E-state index contributed by atoms with van der Waals surface area (Å²) in [7, 11) is 1.47. The van der Waals surface area contributed by atoms with Gasteiger partial charge >= 0.3 is 6.03 Å². The lowest BCUT2D eigenvalue weighted by Crippen LogP contribution is -2.41. The number of ketones is 1. The van der Waals surface area contributed by atoms with Crippen LogP contribution in [-0.4, -0.2) is 36.3 Å². The van der Waals surface area contributed by atoms with Gasteiger partial charge in [0, 0.05) is 0 Å². The smallest absolute Gasteiger partial charge is 0.325 e. The maximum atomic E-state index is 12.9. The van der Waals surface area contributed by atoms with Crippen molar-refractivity contribution < 1.29 is 19.1 Å². The van der Waals surface area contributed by atoms with E-state index >= 15 is 0 Å². The van der Waals surface area contributed by atoms with Gasteiger partial charge in [0.25, 0.3) is 5.91 Å². The molecule has 0 spiro atoms. The van der Waals surface area contributed by atoms with Crippen molar-refractivity contribution in [3.8, 4) is 5.75 Å². The van der Waals surface area contributed by atoms with Crippen molar-refractivity contribution in [2.24, 2.45) is 0 Å². The third-order valence-corrected chi connectivity index (χ3v) is 4.61. The first-order valence-electron chi connectivity index (χ1n) is 8.24. The summed E-state index contributed by atoms with van der Waals surface area (Å²) in [5.74, 6) is -0.403. The fraction of sp³-hybridized carbons (Fsp3) is 0.250. The van der Waals surface area contributed by atoms with E-state index in [9.17, 15) is 14.4 Å². The molecule has 3 rings (SSSR count). The summed E-state index contributed by atoms with van der Waals surface area (Å²) in [4.78, 5) is 38.8. The maximum absolute atomic E-state index is 12.9. The van der Waals surface area contributed by atoms with Crippen molar-refractivity contribution in [1.82, 2.24) is 10.2 Å². The highest BCUT2D eigenvalue weighted by Crippen LogP contribution is 2.29. The molecule has 0 aliphatic carbocycles. The van der Waals surface area contributed by atoms with Gasteiger partial charge in [0.05, 0.1) is 19.2 Å². The van der Waals surface area contributed by atoms with Crippen molar-refractivity contribution in [2.45, 2.75) is 19.4 Å². The zero-order chi connectivity index (χ0) is 18.9. The number of hydrogen-bond donors (Lipinski definition) is 1. The van der Waals surface area contributed by atoms with E-state index in [1.165, 1.54) is 7.11 Å². The summed E-state index contributed by atoms with van der Waals surface area (Å²) in [5.41, 5.74) is 0.872. The molecular weight excluding hydrogens is 332 g/mol. The molecule has 6 nitrogen and oxygen atoms in total. The lowest BCUT2D eigenvalue weighted by atomic mass is 9.91. The third-order valence-electron chi connectivity index (χ3n) is 4.61. The molecule has 1 aliphatic heterocycles. The van der Waals surface area contributed by atoms with E-state index in [1.807, 2.05) is 19.1 Å². The second-order valence-corrected chi connectivity index (χ2v) is 6.44. The van der Waals surface area contributed by atoms with Crippen LogP contribution in [0.1, 0.15) is 28.4 Å². The van der Waals surface area contributed by atoms with Gasteiger partial charge in [0.2, 0.25) is 0 Å². The Balaban J connectivity index is 1.85. The monoisotopic (exact) mass is 352 g/mol. The molecule has 0 saturated carbocycles. The summed E-state index contributed by atoms with van der Waals surface area (Å²) in [5, 5.41) is 2.71. The number of ether oxygens (including phenoxy) is 1. The Morgan fingerprint density at radius 2 is 1.77 bits per heavy atom. The molecule has 6 heteroatoms. The first kappa shape index (κ1) is 17.7. The van der Waals surface area contributed by atoms with Crippen LogP contribution in [0.4, 0.5) is 4.79 Å². The number of urea groups is 1. The van der Waals surface area contributed by atoms with Gasteiger partial charge in [-0.3, -0.25) is 14.5 Å². The van der Waals surface area contributed by atoms with Gasteiger partial charge in [-0.2, -0.15) is 0 Å². The van der Waals surface area contributed by atoms with Crippen LogP contribution in [-0.2, 0) is 10.3 Å². The lowest BCUT2D eigenvalue weighted by molar-refractivity contribution is -0.130. The van der Waals surface area contributed by atoms with Crippen LogP contribution in [0.15, 0.2) is 48.5 Å². The minimum absolute atomic E-state index is 0.333. The molecule has 1 N–H and O–H groups in total. The molecular formula is C20H20N2O4. The Hall–Kier alpha value is -3.15. The normalized spacial score (nSPS) is 19.4. The van der Waals surface area contributed by atoms with Crippen molar-refractivity contribution >= 4 is 17.7 Å². The largest absolute Gasteiger partial charge is 0.496 e. The number of aryl methyl sites for hydroxylation is 1. The Bertz CT molecular complexity index is 876. The predicted octanol–water partition coefficient (Wildman–Crippen LogP) is 2.65. The molecule has 3 amide bonds. The van der Waals surface area contributed by atoms with E-state index in [2.05, 4.69) is 5.32 Å². The molecule has 2 aromatic rings. The number of nitrogens with one attached hydrogen (secondary N) is 1. The predicted molar refractivity (Wildman–Crippen MR) is 96.1 cm³/mol. The molecule has 0 aromatic heterocycles. The number of imide groups is 1. The first-order valence-corrected chi connectivity index (χ1v) is 8.24. The summed E-state index contributed by atoms with van der Waals surface area (Å²) in [6.07, 6.45) is 0. The number of nitrogens with zero attached hydrogens (tertiary/aromatic N) is 1. The zero-order valence-electron chi connectivity index (χ0n) is 14.9. The number of methoxy groups -OCH3 is 1. The van der Waals surface area contributed by atoms with Crippen LogP contribution in [0.3, 0.4) is 0 Å². The number of hydrogen-bond acceptors (Lipinski definition) is 4. The molecule has 1 saturated heterocycles. The number of rotatable bonds is 5. The highest BCUT2D eigenvalue weighted by molar-refractivity contribution is 6.11. The fourth-order valence-corrected chi connectivity index (χ4v) is 3.03. The van der Waals surface area contributed by atoms with Gasteiger partial charge in [-0.05, 0) is 31.5 Å². The first-order chi connectivity index (χ1) is 12.4. The molecule has 134 valence electrons. The zero-order valence-corrected chi connectivity index (χ0v) is 14.9. The third kappa shape index (κ3) is 2.94. The molecule has 1 fully saturated rings. The minimum Gasteiger partial charge on any atom is -0.496 e. The van der Waals surface area contributed by atoms with Crippen molar-refractivity contribution in [3.63, 3.8) is 0 Å². The van der Waals surface area contributed by atoms with Crippen molar-refractivity contribution in [2.75, 3.05) is 13.7 Å². The fourth-order valence-electron chi connectivity index (χ4n) is 3.03. The average Bonchev–Trinajstić information content (AvgIpc) is 2.86. The Morgan fingerprint density at radius 1 is 1.12 bits per heavy atom. The number of amides is 3. The molecule has 1 aliphatic rings. The number of para-hydroxylation sites is 1. The Kier molecular flexibility index (Phi) is 4.50. The van der Waals surface area contributed by atoms with Gasteiger partial charge in [-0.1, -0.05) is 42.0 Å². The van der Waals surface area contributed by atoms with Crippen LogP contribution in [0.5, 0.6) is 5.75 Å². The molecule has 0 radical (unpaired) electrons. The van der Waals surface area contributed by atoms with Gasteiger partial charge in [0.1, 0.15) is 11.3 Å². The van der Waals surface area contributed by atoms with E-state index in [0.29, 0.717) is 16.9 Å². The van der Waals surface area contributed by atoms with Crippen LogP contribution < -0.4 is 10.1 Å². The summed E-state index contributed by atoms with van der Waals surface area (Å²) in [6, 6.07) is 13.5. The number of carbonyl (C=O) groups is 3. The maximum Gasteiger partial charge on any atom is 0.325 e. The topological polar surface area (TPSA) is 75.7 Å². The van der Waals surface area contributed by atoms with E-state index in [4.69, 9.17) is 4.74 Å². The molecule has 1 heterocycles. The van der Waals surface area contributed by atoms with E-state index in [-0.39, 0.29) is 12.3 Å². The minimum atomic E-state index is -1.19. The summed E-state index contributed by atoms with van der Waals surface area (Å²) < 4.78 is 5.18. The second kappa shape index (κ2) is 6.63. The number of benzene rings is 2. The molecule has 26 heavy (non-hydrogen) atoms. The number of Topliss-reactive ketones (excluding diaryl/α,β-unsaturated/α-hetero) is 1. The highest BCUT2D eigenvalue weighted by Gasteiger charge is 2.49. The lowest BCUT2D eigenvalue weighted by Gasteiger charge is -2.22. The van der Waals surface area contributed by atoms with Gasteiger partial charge in [0.15, 0.2) is 5.78 Å². The highest BCUT2D eigenvalue weighted by atomic mass is 16.5. The summed E-state index contributed by atoms with van der Waals surface area (Å²) >= 11 is 0. The van der Waals surface area contributed by atoms with Crippen LogP contribution in [0.2, 0.25) is 0 Å². The van der Waals surface area contributed by atoms with Crippen molar-refractivity contribution in [3.05, 3.63) is 65.2 Å². The standard InChI is InChI=1S/C20H20N2O4/c1-13-8-10-14(11-9-13)20(2)18(24)22(19(25)21-20)12-16(23)15-6-4-5-7-17(15)26-3/h4-11H,12H2,1-3H3,(H,21,25). The average molecular weight is 352 g/mol. The molecule has 0 bridgehead atoms. The van der Waals surface area contributed by atoms with Crippen LogP contribution in [0, 0.1) is 6.92 Å². The van der Waals surface area contributed by atoms with Crippen LogP contribution >= 0.6 is 0 Å². The van der Waals surface area contributed by atoms with Gasteiger partial charge in [-0.15, -0.1) is 0 Å². The van der Waals surface area contributed by atoms with Gasteiger partial charge in [-0.25, -0.2) is 4.79 Å². The SMILES string of the molecule is COc1ccccc1C(=O)CN1C(=O)NC(C)(c2ccc(C)cc2)C1=O. The molecule has 2 aromatic carbocycles.